The molecule has 1 N–H and O–H groups in total. The molecule has 0 spiro atoms. The largest absolute Gasteiger partial charge is 0.355 e. The average molecular weight is 436 g/mol. The number of rotatable bonds is 5. The molecule has 1 aromatic heterocycles. The summed E-state index contributed by atoms with van der Waals surface area (Å²) in [7, 11) is -3.22. The fraction of sp³-hybridized carbons (Fsp3) is 0.280. The number of anilines is 2. The van der Waals surface area contributed by atoms with Crippen LogP contribution in [0.15, 0.2) is 64.9 Å². The Balaban J connectivity index is 1.39. The number of sulfone groups is 1. The van der Waals surface area contributed by atoms with E-state index in [9.17, 15) is 8.42 Å². The van der Waals surface area contributed by atoms with Gasteiger partial charge < -0.3 is 5.32 Å². The van der Waals surface area contributed by atoms with E-state index >= 15 is 0 Å². The van der Waals surface area contributed by atoms with Crippen molar-refractivity contribution in [2.75, 3.05) is 5.32 Å². The summed E-state index contributed by atoms with van der Waals surface area (Å²) in [6.07, 6.45) is 10.1. The van der Waals surface area contributed by atoms with Gasteiger partial charge in [0.1, 0.15) is 4.21 Å². The van der Waals surface area contributed by atoms with Crippen LogP contribution >= 0.6 is 11.3 Å². The Kier molecular flexibility index (Phi) is 5.25. The number of nitrogens with one attached hydrogen (secondary N) is 1. The number of hydrogen-bond donors (Lipinski definition) is 1. The van der Waals surface area contributed by atoms with Gasteiger partial charge in [-0.2, -0.15) is 0 Å². The first kappa shape index (κ1) is 19.6. The summed E-state index contributed by atoms with van der Waals surface area (Å²) >= 11 is 1.40. The van der Waals surface area contributed by atoms with Gasteiger partial charge in [-0.05, 0) is 66.3 Å². The molecular formula is C25H25NO2S2. The Hall–Kier alpha value is -2.37. The first-order valence-corrected chi connectivity index (χ1v) is 13.0. The Morgan fingerprint density at radius 2 is 1.77 bits per heavy atom. The smallest absolute Gasteiger partial charge is 0.190 e. The number of hydrogen-bond acceptors (Lipinski definition) is 4. The molecule has 0 atom stereocenters. The zero-order valence-corrected chi connectivity index (χ0v) is 18.4. The summed E-state index contributed by atoms with van der Waals surface area (Å²) in [5.41, 5.74) is 5.77. The molecule has 5 rings (SSSR count). The van der Waals surface area contributed by atoms with Crippen LogP contribution in [0.3, 0.4) is 0 Å². The van der Waals surface area contributed by atoms with Crippen LogP contribution in [0.2, 0.25) is 0 Å². The van der Waals surface area contributed by atoms with E-state index in [0.717, 1.165) is 60.3 Å². The van der Waals surface area contributed by atoms with Crippen molar-refractivity contribution in [1.82, 2.24) is 0 Å². The van der Waals surface area contributed by atoms with Crippen LogP contribution in [-0.4, -0.2) is 13.7 Å². The van der Waals surface area contributed by atoms with Crippen LogP contribution < -0.4 is 5.32 Å². The number of fused-ring (bicyclic) bond motifs is 1. The molecule has 0 aliphatic heterocycles. The van der Waals surface area contributed by atoms with E-state index in [-0.39, 0.29) is 5.25 Å². The summed E-state index contributed by atoms with van der Waals surface area (Å²) < 4.78 is 26.6. The molecule has 3 nitrogen and oxygen atoms in total. The number of allylic oxidation sites excluding steroid dienone is 1. The van der Waals surface area contributed by atoms with Crippen molar-refractivity contribution in [3.8, 4) is 10.4 Å². The third kappa shape index (κ3) is 3.72. The molecule has 0 unspecified atom stereocenters. The van der Waals surface area contributed by atoms with Crippen LogP contribution in [0.4, 0.5) is 11.4 Å². The van der Waals surface area contributed by atoms with Gasteiger partial charge in [0.05, 0.1) is 5.25 Å². The normalized spacial score (nSPS) is 16.5. The van der Waals surface area contributed by atoms with E-state index in [1.165, 1.54) is 22.5 Å². The van der Waals surface area contributed by atoms with Gasteiger partial charge in [-0.1, -0.05) is 55.7 Å². The van der Waals surface area contributed by atoms with Gasteiger partial charge in [0, 0.05) is 16.3 Å². The van der Waals surface area contributed by atoms with E-state index in [1.807, 2.05) is 18.2 Å². The van der Waals surface area contributed by atoms with E-state index in [4.69, 9.17) is 0 Å². The molecule has 0 amide bonds. The van der Waals surface area contributed by atoms with Gasteiger partial charge in [-0.15, -0.1) is 11.3 Å². The van der Waals surface area contributed by atoms with Crippen molar-refractivity contribution < 1.29 is 8.42 Å². The summed E-state index contributed by atoms with van der Waals surface area (Å²) in [5.74, 6) is 0. The average Bonchev–Trinajstić information content (AvgIpc) is 3.45. The van der Waals surface area contributed by atoms with Gasteiger partial charge in [0.2, 0.25) is 0 Å². The molecular weight excluding hydrogens is 410 g/mol. The maximum atomic E-state index is 13.0. The highest BCUT2D eigenvalue weighted by molar-refractivity contribution is 7.94. The van der Waals surface area contributed by atoms with Crippen LogP contribution in [0.1, 0.15) is 43.2 Å². The van der Waals surface area contributed by atoms with E-state index in [2.05, 4.69) is 47.8 Å². The zero-order chi connectivity index (χ0) is 20.6. The van der Waals surface area contributed by atoms with Gasteiger partial charge >= 0.3 is 0 Å². The Labute approximate surface area is 182 Å². The molecule has 0 saturated heterocycles. The second-order valence-electron chi connectivity index (χ2n) is 8.11. The molecule has 154 valence electrons. The van der Waals surface area contributed by atoms with Crippen LogP contribution in [-0.2, 0) is 16.3 Å². The minimum Gasteiger partial charge on any atom is -0.355 e. The van der Waals surface area contributed by atoms with E-state index < -0.39 is 9.84 Å². The van der Waals surface area contributed by atoms with Gasteiger partial charge in [0.25, 0.3) is 0 Å². The van der Waals surface area contributed by atoms with Crippen molar-refractivity contribution in [3.05, 3.63) is 71.8 Å². The van der Waals surface area contributed by atoms with Gasteiger partial charge in [-0.3, -0.25) is 0 Å². The molecule has 2 aromatic carbocycles. The molecule has 1 saturated carbocycles. The molecule has 30 heavy (non-hydrogen) atoms. The molecule has 2 aliphatic carbocycles. The number of thiophene rings is 1. The third-order valence-electron chi connectivity index (χ3n) is 6.11. The summed E-state index contributed by atoms with van der Waals surface area (Å²) in [6, 6.07) is 18.3. The van der Waals surface area contributed by atoms with Gasteiger partial charge in [0.15, 0.2) is 9.84 Å². The highest BCUT2D eigenvalue weighted by atomic mass is 32.2. The standard InChI is InChI=1S/C25H25NO2S2/c27-30(28,21-11-2-1-3-12-21)25-16-15-24(29-25)19-9-4-10-20(17-19)26-23-14-6-8-18-7-5-13-22(18)23/h4-10,14-17,21,26H,1-3,11-13H2. The Bertz CT molecular complexity index is 1200. The molecule has 0 radical (unpaired) electrons. The van der Waals surface area contributed by atoms with Crippen molar-refractivity contribution >= 4 is 38.6 Å². The zero-order valence-electron chi connectivity index (χ0n) is 16.8. The lowest BCUT2D eigenvalue weighted by Crippen LogP contribution is -2.23. The minimum absolute atomic E-state index is 0.209. The molecule has 0 bridgehead atoms. The van der Waals surface area contributed by atoms with E-state index in [0.29, 0.717) is 4.21 Å². The van der Waals surface area contributed by atoms with Crippen LogP contribution in [0.5, 0.6) is 0 Å². The second-order valence-corrected chi connectivity index (χ2v) is 11.6. The lowest BCUT2D eigenvalue weighted by molar-refractivity contribution is 0.484. The highest BCUT2D eigenvalue weighted by Crippen LogP contribution is 2.37. The Morgan fingerprint density at radius 1 is 0.933 bits per heavy atom. The Morgan fingerprint density at radius 3 is 2.63 bits per heavy atom. The maximum Gasteiger partial charge on any atom is 0.190 e. The molecule has 3 aromatic rings. The first-order chi connectivity index (χ1) is 14.6. The van der Waals surface area contributed by atoms with Crippen molar-refractivity contribution in [3.63, 3.8) is 0 Å². The van der Waals surface area contributed by atoms with E-state index in [1.54, 1.807) is 6.07 Å². The van der Waals surface area contributed by atoms with Crippen molar-refractivity contribution in [2.45, 2.75) is 48.0 Å². The van der Waals surface area contributed by atoms with Crippen LogP contribution in [0, 0.1) is 0 Å². The SMILES string of the molecule is O=S(=O)(c1ccc(-c2cccc(Nc3cccc4c3CC=C4)c2)s1)C1CCCCC1. The fourth-order valence-electron chi connectivity index (χ4n) is 4.48. The summed E-state index contributed by atoms with van der Waals surface area (Å²) in [5, 5.41) is 3.34. The lowest BCUT2D eigenvalue weighted by atomic mass is 10.0. The number of benzene rings is 2. The predicted octanol–water partition coefficient (Wildman–Crippen LogP) is 6.83. The van der Waals surface area contributed by atoms with Crippen molar-refractivity contribution in [2.24, 2.45) is 0 Å². The lowest BCUT2D eigenvalue weighted by Gasteiger charge is -2.20. The topological polar surface area (TPSA) is 46.2 Å². The fourth-order valence-corrected chi connectivity index (χ4v) is 7.90. The quantitative estimate of drug-likeness (QED) is 0.477. The molecule has 2 aliphatic rings. The predicted molar refractivity (Wildman–Crippen MR) is 126 cm³/mol. The maximum absolute atomic E-state index is 13.0. The minimum atomic E-state index is -3.22. The first-order valence-electron chi connectivity index (χ1n) is 10.6. The summed E-state index contributed by atoms with van der Waals surface area (Å²) in [6.45, 7) is 0. The molecule has 1 heterocycles. The molecule has 1 fully saturated rings. The summed E-state index contributed by atoms with van der Waals surface area (Å²) in [4.78, 5) is 0.994. The highest BCUT2D eigenvalue weighted by Gasteiger charge is 2.30. The van der Waals surface area contributed by atoms with Crippen molar-refractivity contribution in [1.29, 1.82) is 0 Å². The molecule has 5 heteroatoms. The third-order valence-corrected chi connectivity index (χ3v) is 10.0. The second kappa shape index (κ2) is 8.05. The van der Waals surface area contributed by atoms with Crippen LogP contribution in [0.25, 0.3) is 16.5 Å². The monoisotopic (exact) mass is 435 g/mol. The van der Waals surface area contributed by atoms with Gasteiger partial charge in [-0.25, -0.2) is 8.42 Å².